The molecule has 0 spiro atoms. The zero-order chi connectivity index (χ0) is 17.6. The molecule has 0 aliphatic rings. The maximum Gasteiger partial charge on any atom is 0.331 e. The molecule has 0 fully saturated rings. The van der Waals surface area contributed by atoms with Gasteiger partial charge in [0.05, 0.1) is 6.26 Å². The number of furan rings is 1. The van der Waals surface area contributed by atoms with Gasteiger partial charge < -0.3 is 14.5 Å². The number of anilines is 1. The molecule has 0 saturated carbocycles. The fourth-order valence-corrected chi connectivity index (χ4v) is 1.97. The summed E-state index contributed by atoms with van der Waals surface area (Å²) in [6.07, 6.45) is 4.19. The second-order valence-electron chi connectivity index (χ2n) is 6.33. The second kappa shape index (κ2) is 7.64. The number of carbonyl (C=O) groups is 2. The first-order chi connectivity index (χ1) is 11.3. The van der Waals surface area contributed by atoms with Gasteiger partial charge >= 0.3 is 5.97 Å². The summed E-state index contributed by atoms with van der Waals surface area (Å²) in [5.41, 5.74) is 1.89. The maximum absolute atomic E-state index is 11.8. The molecular weight excluding hydrogens is 306 g/mol. The van der Waals surface area contributed by atoms with E-state index in [0.717, 1.165) is 0 Å². The topological polar surface area (TPSA) is 68.5 Å². The molecule has 0 saturated heterocycles. The van der Waals surface area contributed by atoms with Crippen molar-refractivity contribution in [1.82, 2.24) is 0 Å². The Balaban J connectivity index is 1.79. The van der Waals surface area contributed by atoms with Crippen molar-refractivity contribution in [3.05, 3.63) is 60.1 Å². The van der Waals surface area contributed by atoms with Crippen LogP contribution in [0.25, 0.3) is 6.08 Å². The van der Waals surface area contributed by atoms with E-state index in [0.29, 0.717) is 11.4 Å². The van der Waals surface area contributed by atoms with E-state index in [1.165, 1.54) is 24.0 Å². The van der Waals surface area contributed by atoms with Crippen LogP contribution in [-0.2, 0) is 19.7 Å². The minimum Gasteiger partial charge on any atom is -0.465 e. The molecule has 1 heterocycles. The minimum absolute atomic E-state index is 0.0540. The highest BCUT2D eigenvalue weighted by Gasteiger charge is 2.13. The number of rotatable bonds is 5. The number of ether oxygens (including phenoxy) is 1. The predicted molar refractivity (Wildman–Crippen MR) is 92.5 cm³/mol. The number of hydrogen-bond donors (Lipinski definition) is 1. The first-order valence-corrected chi connectivity index (χ1v) is 7.63. The van der Waals surface area contributed by atoms with Gasteiger partial charge in [-0.2, -0.15) is 0 Å². The molecule has 2 rings (SSSR count). The largest absolute Gasteiger partial charge is 0.465 e. The van der Waals surface area contributed by atoms with Crippen LogP contribution in [-0.4, -0.2) is 18.5 Å². The van der Waals surface area contributed by atoms with E-state index in [9.17, 15) is 9.59 Å². The molecular formula is C19H21NO4. The molecule has 126 valence electrons. The molecule has 2 aromatic rings. The van der Waals surface area contributed by atoms with Crippen molar-refractivity contribution in [1.29, 1.82) is 0 Å². The summed E-state index contributed by atoms with van der Waals surface area (Å²) in [7, 11) is 0. The van der Waals surface area contributed by atoms with Crippen molar-refractivity contribution < 1.29 is 18.7 Å². The van der Waals surface area contributed by atoms with Gasteiger partial charge in [0.2, 0.25) is 0 Å². The van der Waals surface area contributed by atoms with E-state index in [1.807, 2.05) is 24.3 Å². The van der Waals surface area contributed by atoms with E-state index in [2.05, 4.69) is 26.1 Å². The molecule has 0 unspecified atom stereocenters. The van der Waals surface area contributed by atoms with Crippen LogP contribution in [0.2, 0.25) is 0 Å². The van der Waals surface area contributed by atoms with E-state index >= 15 is 0 Å². The molecule has 1 aromatic carbocycles. The molecule has 0 aliphatic carbocycles. The first-order valence-electron chi connectivity index (χ1n) is 7.63. The SMILES string of the molecule is CC(C)(C)c1ccc(NC(=O)COC(=O)/C=C/c2ccco2)cc1. The molecule has 0 radical (unpaired) electrons. The summed E-state index contributed by atoms with van der Waals surface area (Å²) >= 11 is 0. The van der Waals surface area contributed by atoms with Crippen LogP contribution in [0.1, 0.15) is 32.1 Å². The Hall–Kier alpha value is -2.82. The predicted octanol–water partition coefficient (Wildman–Crippen LogP) is 3.77. The highest BCUT2D eigenvalue weighted by atomic mass is 16.5. The average molecular weight is 327 g/mol. The summed E-state index contributed by atoms with van der Waals surface area (Å²) in [6, 6.07) is 11.0. The summed E-state index contributed by atoms with van der Waals surface area (Å²) in [5.74, 6) is -0.460. The molecule has 0 bridgehead atoms. The zero-order valence-corrected chi connectivity index (χ0v) is 14.0. The van der Waals surface area contributed by atoms with Crippen LogP contribution in [0.15, 0.2) is 53.2 Å². The van der Waals surface area contributed by atoms with Crippen LogP contribution in [0, 0.1) is 0 Å². The molecule has 1 amide bonds. The molecule has 1 aromatic heterocycles. The van der Waals surface area contributed by atoms with Crippen LogP contribution < -0.4 is 5.32 Å². The standard InChI is InChI=1S/C19H21NO4/c1-19(2,3)14-6-8-15(9-7-14)20-17(21)13-24-18(22)11-10-16-5-4-12-23-16/h4-12H,13H2,1-3H3,(H,20,21)/b11-10+. The van der Waals surface area contributed by atoms with Gasteiger partial charge in [0.1, 0.15) is 5.76 Å². The van der Waals surface area contributed by atoms with Gasteiger partial charge in [0.15, 0.2) is 6.61 Å². The van der Waals surface area contributed by atoms with Crippen molar-refractivity contribution in [2.24, 2.45) is 0 Å². The number of amides is 1. The lowest BCUT2D eigenvalue weighted by Crippen LogP contribution is -2.20. The Labute approximate surface area is 141 Å². The summed E-state index contributed by atoms with van der Waals surface area (Å²) in [4.78, 5) is 23.3. The molecule has 0 atom stereocenters. The van der Waals surface area contributed by atoms with E-state index in [-0.39, 0.29) is 12.0 Å². The number of carbonyl (C=O) groups excluding carboxylic acids is 2. The van der Waals surface area contributed by atoms with Gasteiger partial charge in [0, 0.05) is 11.8 Å². The normalized spacial score (nSPS) is 11.5. The van der Waals surface area contributed by atoms with Crippen molar-refractivity contribution >= 4 is 23.6 Å². The Kier molecular flexibility index (Phi) is 5.58. The zero-order valence-electron chi connectivity index (χ0n) is 14.0. The molecule has 0 aliphatic heterocycles. The highest BCUT2D eigenvalue weighted by Crippen LogP contribution is 2.23. The molecule has 24 heavy (non-hydrogen) atoms. The third-order valence-electron chi connectivity index (χ3n) is 3.31. The Morgan fingerprint density at radius 3 is 2.46 bits per heavy atom. The molecule has 5 nitrogen and oxygen atoms in total. The third kappa shape index (κ3) is 5.43. The summed E-state index contributed by atoms with van der Waals surface area (Å²) < 4.78 is 9.92. The fraction of sp³-hybridized carbons (Fsp3) is 0.263. The lowest BCUT2D eigenvalue weighted by atomic mass is 9.87. The quantitative estimate of drug-likeness (QED) is 0.670. The van der Waals surface area contributed by atoms with Gasteiger partial charge in [-0.25, -0.2) is 4.79 Å². The van der Waals surface area contributed by atoms with Crippen molar-refractivity contribution in [2.45, 2.75) is 26.2 Å². The highest BCUT2D eigenvalue weighted by molar-refractivity contribution is 5.94. The smallest absolute Gasteiger partial charge is 0.331 e. The van der Waals surface area contributed by atoms with Crippen molar-refractivity contribution in [3.63, 3.8) is 0 Å². The monoisotopic (exact) mass is 327 g/mol. The second-order valence-corrected chi connectivity index (χ2v) is 6.33. The van der Waals surface area contributed by atoms with Crippen LogP contribution in [0.4, 0.5) is 5.69 Å². The van der Waals surface area contributed by atoms with Gasteiger partial charge in [-0.05, 0) is 41.3 Å². The van der Waals surface area contributed by atoms with Crippen molar-refractivity contribution in [3.8, 4) is 0 Å². The van der Waals surface area contributed by atoms with Gasteiger partial charge in [-0.3, -0.25) is 4.79 Å². The van der Waals surface area contributed by atoms with Gasteiger partial charge in [0.25, 0.3) is 5.91 Å². The number of nitrogens with one attached hydrogen (secondary N) is 1. The van der Waals surface area contributed by atoms with Crippen LogP contribution >= 0.6 is 0 Å². The van der Waals surface area contributed by atoms with Crippen LogP contribution in [0.3, 0.4) is 0 Å². The lowest BCUT2D eigenvalue weighted by molar-refractivity contribution is -0.142. The van der Waals surface area contributed by atoms with Crippen LogP contribution in [0.5, 0.6) is 0 Å². The first kappa shape index (κ1) is 17.5. The molecule has 1 N–H and O–H groups in total. The Morgan fingerprint density at radius 2 is 1.88 bits per heavy atom. The fourth-order valence-electron chi connectivity index (χ4n) is 1.97. The lowest BCUT2D eigenvalue weighted by Gasteiger charge is -2.19. The van der Waals surface area contributed by atoms with Crippen molar-refractivity contribution in [2.75, 3.05) is 11.9 Å². The third-order valence-corrected chi connectivity index (χ3v) is 3.31. The van der Waals surface area contributed by atoms with E-state index in [4.69, 9.17) is 9.15 Å². The number of benzene rings is 1. The number of hydrogen-bond acceptors (Lipinski definition) is 4. The Morgan fingerprint density at radius 1 is 1.17 bits per heavy atom. The van der Waals surface area contributed by atoms with Gasteiger partial charge in [-0.15, -0.1) is 0 Å². The minimum atomic E-state index is -0.607. The summed E-state index contributed by atoms with van der Waals surface area (Å²) in [5, 5.41) is 2.69. The Bertz CT molecular complexity index is 707. The maximum atomic E-state index is 11.8. The van der Waals surface area contributed by atoms with E-state index < -0.39 is 11.9 Å². The number of esters is 1. The average Bonchev–Trinajstić information content (AvgIpc) is 3.04. The van der Waals surface area contributed by atoms with Gasteiger partial charge in [-0.1, -0.05) is 32.9 Å². The van der Waals surface area contributed by atoms with E-state index in [1.54, 1.807) is 12.1 Å². The molecule has 5 heteroatoms. The summed E-state index contributed by atoms with van der Waals surface area (Å²) in [6.45, 7) is 6.02.